The maximum atomic E-state index is 9.94. The summed E-state index contributed by atoms with van der Waals surface area (Å²) in [4.78, 5) is 4.10. The lowest BCUT2D eigenvalue weighted by Crippen LogP contribution is -2.00. The minimum Gasteiger partial charge on any atom is -0.481 e. The number of methoxy groups -OCH3 is 1. The standard InChI is InChI=1S/C12H13NO2S/c1-15-12-3-2-9(7-13-12)6-11(14)10-4-5-16-8-10/h2-5,7-8,11,14H,6H2,1H3. The first-order valence-corrected chi connectivity index (χ1v) is 5.93. The Morgan fingerprint density at radius 3 is 2.88 bits per heavy atom. The van der Waals surface area contributed by atoms with Gasteiger partial charge < -0.3 is 9.84 Å². The van der Waals surface area contributed by atoms with E-state index in [-0.39, 0.29) is 0 Å². The van der Waals surface area contributed by atoms with Crippen LogP contribution in [0.2, 0.25) is 0 Å². The first-order chi connectivity index (χ1) is 7.79. The summed E-state index contributed by atoms with van der Waals surface area (Å²) in [5, 5.41) is 13.9. The van der Waals surface area contributed by atoms with Crippen LogP contribution in [0.4, 0.5) is 0 Å². The summed E-state index contributed by atoms with van der Waals surface area (Å²) in [5.74, 6) is 0.591. The van der Waals surface area contributed by atoms with E-state index < -0.39 is 6.10 Å². The lowest BCUT2D eigenvalue weighted by Gasteiger charge is -2.08. The van der Waals surface area contributed by atoms with Gasteiger partial charge in [0.1, 0.15) is 0 Å². The Labute approximate surface area is 98.4 Å². The molecule has 0 aromatic carbocycles. The Bertz CT molecular complexity index is 425. The molecule has 0 fully saturated rings. The van der Waals surface area contributed by atoms with Crippen molar-refractivity contribution in [3.8, 4) is 5.88 Å². The van der Waals surface area contributed by atoms with E-state index in [0.717, 1.165) is 11.1 Å². The van der Waals surface area contributed by atoms with Crippen molar-refractivity contribution in [1.82, 2.24) is 4.98 Å². The van der Waals surface area contributed by atoms with Crippen molar-refractivity contribution in [2.24, 2.45) is 0 Å². The predicted octanol–water partition coefficient (Wildman–Crippen LogP) is 2.43. The quantitative estimate of drug-likeness (QED) is 0.885. The van der Waals surface area contributed by atoms with Crippen LogP contribution in [0.1, 0.15) is 17.2 Å². The number of aromatic nitrogens is 1. The van der Waals surface area contributed by atoms with E-state index >= 15 is 0 Å². The molecule has 0 saturated heterocycles. The summed E-state index contributed by atoms with van der Waals surface area (Å²) < 4.78 is 4.97. The van der Waals surface area contributed by atoms with Crippen LogP contribution < -0.4 is 4.74 Å². The van der Waals surface area contributed by atoms with Crippen LogP contribution in [-0.2, 0) is 6.42 Å². The van der Waals surface area contributed by atoms with Gasteiger partial charge in [-0.3, -0.25) is 0 Å². The first-order valence-electron chi connectivity index (χ1n) is 4.98. The summed E-state index contributed by atoms with van der Waals surface area (Å²) in [6, 6.07) is 5.66. The predicted molar refractivity (Wildman–Crippen MR) is 63.8 cm³/mol. The van der Waals surface area contributed by atoms with Crippen LogP contribution in [0.25, 0.3) is 0 Å². The van der Waals surface area contributed by atoms with Crippen molar-refractivity contribution >= 4 is 11.3 Å². The molecule has 0 spiro atoms. The largest absolute Gasteiger partial charge is 0.481 e. The van der Waals surface area contributed by atoms with Crippen molar-refractivity contribution in [2.45, 2.75) is 12.5 Å². The number of rotatable bonds is 4. The average molecular weight is 235 g/mol. The Morgan fingerprint density at radius 1 is 1.44 bits per heavy atom. The molecule has 3 nitrogen and oxygen atoms in total. The van der Waals surface area contributed by atoms with E-state index in [1.54, 1.807) is 30.7 Å². The topological polar surface area (TPSA) is 42.4 Å². The molecule has 0 aliphatic carbocycles. The molecule has 0 radical (unpaired) electrons. The lowest BCUT2D eigenvalue weighted by molar-refractivity contribution is 0.179. The molecule has 2 rings (SSSR count). The third kappa shape index (κ3) is 2.59. The monoisotopic (exact) mass is 235 g/mol. The van der Waals surface area contributed by atoms with Gasteiger partial charge in [-0.25, -0.2) is 4.98 Å². The third-order valence-electron chi connectivity index (χ3n) is 2.36. The van der Waals surface area contributed by atoms with Crippen molar-refractivity contribution in [3.05, 3.63) is 46.3 Å². The Balaban J connectivity index is 2.03. The molecule has 84 valence electrons. The smallest absolute Gasteiger partial charge is 0.212 e. The zero-order valence-electron chi connectivity index (χ0n) is 8.96. The molecule has 1 unspecified atom stereocenters. The molecule has 2 heterocycles. The van der Waals surface area contributed by atoms with Crippen LogP contribution >= 0.6 is 11.3 Å². The number of aliphatic hydroxyl groups is 1. The van der Waals surface area contributed by atoms with Gasteiger partial charge in [0.2, 0.25) is 5.88 Å². The van der Waals surface area contributed by atoms with Crippen molar-refractivity contribution < 1.29 is 9.84 Å². The van der Waals surface area contributed by atoms with Gasteiger partial charge in [0.25, 0.3) is 0 Å². The van der Waals surface area contributed by atoms with E-state index in [2.05, 4.69) is 4.98 Å². The van der Waals surface area contributed by atoms with Crippen molar-refractivity contribution in [2.75, 3.05) is 7.11 Å². The second-order valence-corrected chi connectivity index (χ2v) is 4.27. The van der Waals surface area contributed by atoms with Gasteiger partial charge in [-0.05, 0) is 28.0 Å². The molecular formula is C12H13NO2S. The fourth-order valence-corrected chi connectivity index (χ4v) is 2.17. The van der Waals surface area contributed by atoms with Gasteiger partial charge in [-0.1, -0.05) is 6.07 Å². The Kier molecular flexibility index (Phi) is 3.54. The zero-order chi connectivity index (χ0) is 11.4. The minimum absolute atomic E-state index is 0.457. The maximum absolute atomic E-state index is 9.94. The van der Waals surface area contributed by atoms with E-state index in [1.807, 2.05) is 22.9 Å². The summed E-state index contributed by atoms with van der Waals surface area (Å²) in [6.45, 7) is 0. The fraction of sp³-hybridized carbons (Fsp3) is 0.250. The molecule has 1 atom stereocenters. The van der Waals surface area contributed by atoms with Gasteiger partial charge in [-0.15, -0.1) is 0 Å². The highest BCUT2D eigenvalue weighted by molar-refractivity contribution is 7.07. The van der Waals surface area contributed by atoms with Crippen molar-refractivity contribution in [3.63, 3.8) is 0 Å². The number of hydrogen-bond donors (Lipinski definition) is 1. The molecule has 16 heavy (non-hydrogen) atoms. The molecule has 0 aliphatic rings. The zero-order valence-corrected chi connectivity index (χ0v) is 9.78. The fourth-order valence-electron chi connectivity index (χ4n) is 1.46. The maximum Gasteiger partial charge on any atom is 0.212 e. The molecule has 2 aromatic heterocycles. The molecule has 0 amide bonds. The van der Waals surface area contributed by atoms with E-state index in [4.69, 9.17) is 4.74 Å². The van der Waals surface area contributed by atoms with Gasteiger partial charge in [0, 0.05) is 18.7 Å². The van der Waals surface area contributed by atoms with E-state index in [1.165, 1.54) is 0 Å². The number of ether oxygens (including phenoxy) is 1. The third-order valence-corrected chi connectivity index (χ3v) is 3.07. The minimum atomic E-state index is -0.457. The number of aliphatic hydroxyl groups excluding tert-OH is 1. The molecule has 1 N–H and O–H groups in total. The Morgan fingerprint density at radius 2 is 2.31 bits per heavy atom. The lowest BCUT2D eigenvalue weighted by atomic mass is 10.1. The molecular weight excluding hydrogens is 222 g/mol. The normalized spacial score (nSPS) is 12.4. The summed E-state index contributed by atoms with van der Waals surface area (Å²) >= 11 is 1.59. The van der Waals surface area contributed by atoms with Gasteiger partial charge in [-0.2, -0.15) is 11.3 Å². The number of pyridine rings is 1. The molecule has 0 aliphatic heterocycles. The molecule has 4 heteroatoms. The highest BCUT2D eigenvalue weighted by atomic mass is 32.1. The Hall–Kier alpha value is -1.39. The van der Waals surface area contributed by atoms with Crippen LogP contribution in [0.15, 0.2) is 35.2 Å². The number of nitrogens with zero attached hydrogens (tertiary/aromatic N) is 1. The first kappa shape index (κ1) is 11.1. The van der Waals surface area contributed by atoms with Gasteiger partial charge in [0.05, 0.1) is 13.2 Å². The van der Waals surface area contributed by atoms with Gasteiger partial charge in [0.15, 0.2) is 0 Å². The van der Waals surface area contributed by atoms with Crippen LogP contribution in [-0.4, -0.2) is 17.2 Å². The summed E-state index contributed by atoms with van der Waals surface area (Å²) in [6.07, 6.45) is 1.85. The van der Waals surface area contributed by atoms with E-state index in [0.29, 0.717) is 12.3 Å². The highest BCUT2D eigenvalue weighted by Crippen LogP contribution is 2.20. The second kappa shape index (κ2) is 5.09. The number of hydrogen-bond acceptors (Lipinski definition) is 4. The van der Waals surface area contributed by atoms with Crippen LogP contribution in [0.3, 0.4) is 0 Å². The second-order valence-electron chi connectivity index (χ2n) is 3.49. The van der Waals surface area contributed by atoms with Crippen molar-refractivity contribution in [1.29, 1.82) is 0 Å². The summed E-state index contributed by atoms with van der Waals surface area (Å²) in [7, 11) is 1.59. The molecule has 0 bridgehead atoms. The molecule has 2 aromatic rings. The average Bonchev–Trinajstić information content (AvgIpc) is 2.83. The van der Waals surface area contributed by atoms with Crippen LogP contribution in [0, 0.1) is 0 Å². The SMILES string of the molecule is COc1ccc(CC(O)c2ccsc2)cn1. The van der Waals surface area contributed by atoms with Gasteiger partial charge >= 0.3 is 0 Å². The van der Waals surface area contributed by atoms with Crippen LogP contribution in [0.5, 0.6) is 5.88 Å². The molecule has 0 saturated carbocycles. The highest BCUT2D eigenvalue weighted by Gasteiger charge is 2.09. The summed E-state index contributed by atoms with van der Waals surface area (Å²) in [5.41, 5.74) is 1.96. The number of thiophene rings is 1. The van der Waals surface area contributed by atoms with E-state index in [9.17, 15) is 5.11 Å².